The number of aromatic nitrogens is 1. The second-order valence-corrected chi connectivity index (χ2v) is 5.91. The Kier molecular flexibility index (Phi) is 2.34. The van der Waals surface area contributed by atoms with Crippen LogP contribution < -0.4 is 4.90 Å². The Balaban J connectivity index is 1.97. The second-order valence-electron chi connectivity index (χ2n) is 5.91. The molecule has 1 aromatic carbocycles. The topological polar surface area (TPSA) is 40.5 Å². The molecule has 3 atom stereocenters. The van der Waals surface area contributed by atoms with E-state index < -0.39 is 0 Å². The average molecular weight is 255 g/mol. The van der Waals surface area contributed by atoms with Crippen molar-refractivity contribution in [3.05, 3.63) is 41.6 Å². The van der Waals surface area contributed by atoms with Crippen molar-refractivity contribution in [3.8, 4) is 0 Å². The normalized spacial score (nSPS) is 29.2. The molecule has 1 aromatic heterocycles. The van der Waals surface area contributed by atoms with E-state index >= 15 is 0 Å². The standard InChI is InChI=1S/C16H18N2O/c1-18-8-10(9-19)5-13-12-3-2-4-14-16(12)11(7-17-14)6-15(13)18/h2-5,7,10,15,17,19H,6,8-9H2,1H3/p+1/t10-,15+/m0/s1. The lowest BCUT2D eigenvalue weighted by Crippen LogP contribution is -3.14. The van der Waals surface area contributed by atoms with Gasteiger partial charge >= 0.3 is 0 Å². The predicted molar refractivity (Wildman–Crippen MR) is 76.1 cm³/mol. The van der Waals surface area contributed by atoms with Crippen LogP contribution in [0, 0.1) is 5.92 Å². The molecule has 0 amide bonds. The molecule has 0 spiro atoms. The van der Waals surface area contributed by atoms with Crippen molar-refractivity contribution < 1.29 is 10.0 Å². The fourth-order valence-corrected chi connectivity index (χ4v) is 3.81. The molecule has 1 aliphatic heterocycles. The van der Waals surface area contributed by atoms with Crippen LogP contribution in [0.4, 0.5) is 0 Å². The smallest absolute Gasteiger partial charge is 0.117 e. The molecule has 1 aliphatic carbocycles. The molecule has 2 aromatic rings. The summed E-state index contributed by atoms with van der Waals surface area (Å²) >= 11 is 0. The van der Waals surface area contributed by atoms with Gasteiger partial charge in [0.2, 0.25) is 0 Å². The number of rotatable bonds is 1. The quantitative estimate of drug-likeness (QED) is 0.687. The van der Waals surface area contributed by atoms with Crippen molar-refractivity contribution in [3.63, 3.8) is 0 Å². The molecule has 0 saturated heterocycles. The van der Waals surface area contributed by atoms with Gasteiger partial charge < -0.3 is 15.0 Å². The van der Waals surface area contributed by atoms with Crippen LogP contribution in [-0.4, -0.2) is 36.3 Å². The lowest BCUT2D eigenvalue weighted by molar-refractivity contribution is -0.901. The van der Waals surface area contributed by atoms with E-state index in [9.17, 15) is 5.11 Å². The summed E-state index contributed by atoms with van der Waals surface area (Å²) in [5.41, 5.74) is 5.47. The number of quaternary nitrogens is 1. The van der Waals surface area contributed by atoms with Gasteiger partial charge in [0.15, 0.2) is 0 Å². The summed E-state index contributed by atoms with van der Waals surface area (Å²) in [6.45, 7) is 1.28. The Bertz CT molecular complexity index is 670. The van der Waals surface area contributed by atoms with Crippen molar-refractivity contribution in [2.75, 3.05) is 20.2 Å². The molecule has 3 N–H and O–H groups in total. The maximum Gasteiger partial charge on any atom is 0.117 e. The SMILES string of the molecule is C[NH+]1C[C@@H](CO)C=C2c3cccc4[nH]cc(c34)C[C@H]21. The molecule has 2 aliphatic rings. The summed E-state index contributed by atoms with van der Waals surface area (Å²) < 4.78 is 0. The van der Waals surface area contributed by atoms with E-state index in [0.29, 0.717) is 12.0 Å². The summed E-state index contributed by atoms with van der Waals surface area (Å²) in [6, 6.07) is 7.03. The molecule has 3 nitrogen and oxygen atoms in total. The van der Waals surface area contributed by atoms with Crippen LogP contribution in [0.2, 0.25) is 0 Å². The molecule has 0 saturated carbocycles. The van der Waals surface area contributed by atoms with Crippen LogP contribution in [-0.2, 0) is 6.42 Å². The molecule has 1 unspecified atom stereocenters. The summed E-state index contributed by atoms with van der Waals surface area (Å²) in [5.74, 6) is 0.294. The summed E-state index contributed by atoms with van der Waals surface area (Å²) in [5, 5.41) is 10.9. The first-order valence-electron chi connectivity index (χ1n) is 7.02. The third kappa shape index (κ3) is 1.52. The maximum atomic E-state index is 9.48. The number of likely N-dealkylation sites (N-methyl/N-ethyl adjacent to an activating group) is 1. The van der Waals surface area contributed by atoms with E-state index in [1.807, 2.05) is 0 Å². The lowest BCUT2D eigenvalue weighted by atomic mass is 9.80. The van der Waals surface area contributed by atoms with Crippen LogP contribution in [0.5, 0.6) is 0 Å². The third-order valence-electron chi connectivity index (χ3n) is 4.73. The molecule has 98 valence electrons. The summed E-state index contributed by atoms with van der Waals surface area (Å²) in [6.07, 6.45) is 5.57. The number of nitrogens with one attached hydrogen (secondary N) is 2. The van der Waals surface area contributed by atoms with Gasteiger partial charge in [-0.3, -0.25) is 0 Å². The van der Waals surface area contributed by atoms with Gasteiger partial charge in [-0.05, 0) is 17.2 Å². The maximum absolute atomic E-state index is 9.48. The fourth-order valence-electron chi connectivity index (χ4n) is 3.81. The van der Waals surface area contributed by atoms with Gasteiger partial charge in [0.1, 0.15) is 6.04 Å². The Labute approximate surface area is 112 Å². The number of hydrogen-bond donors (Lipinski definition) is 3. The first kappa shape index (κ1) is 11.3. The Morgan fingerprint density at radius 3 is 3.16 bits per heavy atom. The first-order valence-corrected chi connectivity index (χ1v) is 7.02. The number of aromatic amines is 1. The van der Waals surface area contributed by atoms with Crippen LogP contribution in [0.1, 0.15) is 11.1 Å². The molecule has 0 bridgehead atoms. The molecule has 0 fully saturated rings. The average Bonchev–Trinajstić information content (AvgIpc) is 2.85. The molecule has 3 heteroatoms. The van der Waals surface area contributed by atoms with Gasteiger partial charge in [0, 0.05) is 29.1 Å². The number of benzene rings is 1. The largest absolute Gasteiger partial charge is 0.396 e. The van der Waals surface area contributed by atoms with Gasteiger partial charge in [0.05, 0.1) is 26.1 Å². The van der Waals surface area contributed by atoms with Gasteiger partial charge in [-0.25, -0.2) is 0 Å². The number of aliphatic hydroxyl groups is 1. The Hall–Kier alpha value is -1.58. The van der Waals surface area contributed by atoms with Crippen molar-refractivity contribution in [1.29, 1.82) is 0 Å². The predicted octanol–water partition coefficient (Wildman–Crippen LogP) is 0.613. The van der Waals surface area contributed by atoms with E-state index in [-0.39, 0.29) is 6.61 Å². The second kappa shape index (κ2) is 3.95. The van der Waals surface area contributed by atoms with E-state index in [4.69, 9.17) is 0 Å². The molecular weight excluding hydrogens is 236 g/mol. The minimum absolute atomic E-state index is 0.254. The number of fused-ring (bicyclic) bond motifs is 2. The van der Waals surface area contributed by atoms with E-state index in [1.54, 1.807) is 0 Å². The molecule has 0 radical (unpaired) electrons. The van der Waals surface area contributed by atoms with Crippen LogP contribution >= 0.6 is 0 Å². The van der Waals surface area contributed by atoms with E-state index in [1.165, 1.54) is 32.5 Å². The first-order chi connectivity index (χ1) is 9.28. The van der Waals surface area contributed by atoms with Crippen molar-refractivity contribution in [2.24, 2.45) is 5.92 Å². The van der Waals surface area contributed by atoms with Gasteiger partial charge in [-0.15, -0.1) is 0 Å². The number of hydrogen-bond acceptors (Lipinski definition) is 1. The zero-order chi connectivity index (χ0) is 13.0. The summed E-state index contributed by atoms with van der Waals surface area (Å²) in [7, 11) is 2.25. The van der Waals surface area contributed by atoms with Gasteiger partial charge in [0.25, 0.3) is 0 Å². The molecule has 2 heterocycles. The van der Waals surface area contributed by atoms with Crippen LogP contribution in [0.3, 0.4) is 0 Å². The molecule has 4 rings (SSSR count). The summed E-state index contributed by atoms with van der Waals surface area (Å²) in [4.78, 5) is 4.90. The molecule has 19 heavy (non-hydrogen) atoms. The minimum atomic E-state index is 0.254. The molecular formula is C16H19N2O+. The highest BCUT2D eigenvalue weighted by atomic mass is 16.3. The Morgan fingerprint density at radius 2 is 2.32 bits per heavy atom. The van der Waals surface area contributed by atoms with Gasteiger partial charge in [-0.2, -0.15) is 0 Å². The van der Waals surface area contributed by atoms with Crippen molar-refractivity contribution >= 4 is 16.5 Å². The highest BCUT2D eigenvalue weighted by Crippen LogP contribution is 2.36. The number of aliphatic hydroxyl groups excluding tert-OH is 1. The highest BCUT2D eigenvalue weighted by molar-refractivity contribution is 5.97. The minimum Gasteiger partial charge on any atom is -0.396 e. The third-order valence-corrected chi connectivity index (χ3v) is 4.73. The highest BCUT2D eigenvalue weighted by Gasteiger charge is 2.36. The van der Waals surface area contributed by atoms with E-state index in [0.717, 1.165) is 13.0 Å². The lowest BCUT2D eigenvalue weighted by Gasteiger charge is -2.36. The van der Waals surface area contributed by atoms with Gasteiger partial charge in [-0.1, -0.05) is 18.2 Å². The fraction of sp³-hybridized carbons (Fsp3) is 0.375. The van der Waals surface area contributed by atoms with Crippen molar-refractivity contribution in [2.45, 2.75) is 12.5 Å². The Morgan fingerprint density at radius 1 is 1.42 bits per heavy atom. The number of H-pyrrole nitrogens is 1. The van der Waals surface area contributed by atoms with Crippen LogP contribution in [0.15, 0.2) is 30.5 Å². The van der Waals surface area contributed by atoms with E-state index in [2.05, 4.69) is 42.5 Å². The zero-order valence-electron chi connectivity index (χ0n) is 11.1. The van der Waals surface area contributed by atoms with Crippen LogP contribution in [0.25, 0.3) is 16.5 Å². The zero-order valence-corrected chi connectivity index (χ0v) is 11.1. The monoisotopic (exact) mass is 255 g/mol. The van der Waals surface area contributed by atoms with Crippen molar-refractivity contribution in [1.82, 2.24) is 4.98 Å².